The Morgan fingerprint density at radius 2 is 2.12 bits per heavy atom. The normalized spacial score (nSPS) is 24.1. The van der Waals surface area contributed by atoms with Crippen molar-refractivity contribution in [1.29, 1.82) is 5.26 Å². The third-order valence-corrected chi connectivity index (χ3v) is 3.51. The second-order valence-corrected chi connectivity index (χ2v) is 4.78. The van der Waals surface area contributed by atoms with E-state index in [1.165, 1.54) is 0 Å². The Bertz CT molecular complexity index is 442. The molecule has 17 heavy (non-hydrogen) atoms. The maximum Gasteiger partial charge on any atom is 0.103 e. The van der Waals surface area contributed by atoms with E-state index in [-0.39, 0.29) is 12.1 Å². The standard InChI is InChI=1S/C13H15ClN2O/c14-10-4-3-6-11(9(10)8-15)16-12-5-1-2-7-13(12)17/h3-4,6,12-13,16-17H,1-2,5,7H2. The third kappa shape index (κ3) is 2.71. The van der Waals surface area contributed by atoms with Crippen LogP contribution >= 0.6 is 11.6 Å². The van der Waals surface area contributed by atoms with Crippen LogP contribution in [0.4, 0.5) is 5.69 Å². The minimum atomic E-state index is -0.339. The SMILES string of the molecule is N#Cc1c(Cl)cccc1NC1CCCCC1O. The van der Waals surface area contributed by atoms with E-state index in [0.717, 1.165) is 25.7 Å². The van der Waals surface area contributed by atoms with Gasteiger partial charge in [0.25, 0.3) is 0 Å². The Kier molecular flexibility index (Phi) is 3.88. The summed E-state index contributed by atoms with van der Waals surface area (Å²) in [6.45, 7) is 0. The first-order valence-electron chi connectivity index (χ1n) is 5.85. The Balaban J connectivity index is 2.18. The number of benzene rings is 1. The first-order valence-corrected chi connectivity index (χ1v) is 6.23. The van der Waals surface area contributed by atoms with Gasteiger partial charge in [-0.15, -0.1) is 0 Å². The average Bonchev–Trinajstić information content (AvgIpc) is 2.32. The van der Waals surface area contributed by atoms with Gasteiger partial charge in [-0.25, -0.2) is 0 Å². The zero-order valence-corrected chi connectivity index (χ0v) is 10.2. The molecule has 1 aromatic rings. The molecule has 2 N–H and O–H groups in total. The summed E-state index contributed by atoms with van der Waals surface area (Å²) in [5, 5.41) is 22.6. The second kappa shape index (κ2) is 5.39. The van der Waals surface area contributed by atoms with E-state index in [9.17, 15) is 5.11 Å². The molecule has 0 bridgehead atoms. The van der Waals surface area contributed by atoms with E-state index in [1.807, 2.05) is 6.07 Å². The zero-order valence-electron chi connectivity index (χ0n) is 9.49. The lowest BCUT2D eigenvalue weighted by atomic mass is 9.92. The fourth-order valence-electron chi connectivity index (χ4n) is 2.24. The number of halogens is 1. The van der Waals surface area contributed by atoms with Crippen molar-refractivity contribution in [1.82, 2.24) is 0 Å². The van der Waals surface area contributed by atoms with Crippen molar-refractivity contribution in [2.75, 3.05) is 5.32 Å². The van der Waals surface area contributed by atoms with Crippen LogP contribution in [0, 0.1) is 11.3 Å². The van der Waals surface area contributed by atoms with Gasteiger partial charge in [0.1, 0.15) is 6.07 Å². The summed E-state index contributed by atoms with van der Waals surface area (Å²) in [6.07, 6.45) is 3.59. The molecule has 2 atom stereocenters. The van der Waals surface area contributed by atoms with Gasteiger partial charge in [-0.2, -0.15) is 5.26 Å². The molecule has 0 amide bonds. The van der Waals surface area contributed by atoms with Crippen molar-refractivity contribution < 1.29 is 5.11 Å². The maximum absolute atomic E-state index is 9.88. The van der Waals surface area contributed by atoms with Crippen LogP contribution in [0.3, 0.4) is 0 Å². The van der Waals surface area contributed by atoms with E-state index >= 15 is 0 Å². The molecule has 1 fully saturated rings. The van der Waals surface area contributed by atoms with Gasteiger partial charge in [-0.05, 0) is 25.0 Å². The Labute approximate surface area is 106 Å². The molecule has 1 saturated carbocycles. The molecule has 1 aliphatic carbocycles. The highest BCUT2D eigenvalue weighted by Crippen LogP contribution is 2.27. The number of nitriles is 1. The molecule has 0 saturated heterocycles. The third-order valence-electron chi connectivity index (χ3n) is 3.20. The lowest BCUT2D eigenvalue weighted by Crippen LogP contribution is -2.36. The van der Waals surface area contributed by atoms with Gasteiger partial charge >= 0.3 is 0 Å². The lowest BCUT2D eigenvalue weighted by Gasteiger charge is -2.29. The Hall–Kier alpha value is -1.24. The van der Waals surface area contributed by atoms with Crippen molar-refractivity contribution in [3.63, 3.8) is 0 Å². The number of anilines is 1. The van der Waals surface area contributed by atoms with Gasteiger partial charge in [0, 0.05) is 0 Å². The van der Waals surface area contributed by atoms with Crippen LogP contribution in [0.1, 0.15) is 31.2 Å². The first-order chi connectivity index (χ1) is 8.22. The minimum absolute atomic E-state index is 0.0225. The van der Waals surface area contributed by atoms with Crippen molar-refractivity contribution in [3.8, 4) is 6.07 Å². The van der Waals surface area contributed by atoms with Gasteiger partial charge in [0.05, 0.1) is 28.4 Å². The molecule has 4 heteroatoms. The molecule has 0 radical (unpaired) electrons. The predicted octanol–water partition coefficient (Wildman–Crippen LogP) is 2.93. The van der Waals surface area contributed by atoms with E-state index in [1.54, 1.807) is 12.1 Å². The number of hydrogen-bond donors (Lipinski definition) is 2. The molecule has 90 valence electrons. The smallest absolute Gasteiger partial charge is 0.103 e. The lowest BCUT2D eigenvalue weighted by molar-refractivity contribution is 0.116. The van der Waals surface area contributed by atoms with Gasteiger partial charge < -0.3 is 10.4 Å². The topological polar surface area (TPSA) is 56.0 Å². The summed E-state index contributed by atoms with van der Waals surface area (Å²) in [5.74, 6) is 0. The summed E-state index contributed by atoms with van der Waals surface area (Å²) < 4.78 is 0. The van der Waals surface area contributed by atoms with Crippen LogP contribution in [-0.4, -0.2) is 17.3 Å². The number of aliphatic hydroxyl groups is 1. The van der Waals surface area contributed by atoms with Gasteiger partial charge in [-0.3, -0.25) is 0 Å². The van der Waals surface area contributed by atoms with Crippen molar-refractivity contribution in [2.45, 2.75) is 37.8 Å². The fourth-order valence-corrected chi connectivity index (χ4v) is 2.45. The monoisotopic (exact) mass is 250 g/mol. The highest BCUT2D eigenvalue weighted by atomic mass is 35.5. The summed E-state index contributed by atoms with van der Waals surface area (Å²) in [4.78, 5) is 0. The van der Waals surface area contributed by atoms with Crippen LogP contribution in [-0.2, 0) is 0 Å². The molecule has 0 spiro atoms. The van der Waals surface area contributed by atoms with Gasteiger partial charge in [0.2, 0.25) is 0 Å². The quantitative estimate of drug-likeness (QED) is 0.849. The number of rotatable bonds is 2. The molecule has 2 rings (SSSR count). The molecular weight excluding hydrogens is 236 g/mol. The van der Waals surface area contributed by atoms with E-state index in [0.29, 0.717) is 16.3 Å². The summed E-state index contributed by atoms with van der Waals surface area (Å²) in [6, 6.07) is 7.44. The number of nitrogens with one attached hydrogen (secondary N) is 1. The van der Waals surface area contributed by atoms with Crippen LogP contribution < -0.4 is 5.32 Å². The van der Waals surface area contributed by atoms with E-state index < -0.39 is 0 Å². The summed E-state index contributed by atoms with van der Waals surface area (Å²) in [5.41, 5.74) is 1.16. The number of hydrogen-bond acceptors (Lipinski definition) is 3. The van der Waals surface area contributed by atoms with E-state index in [2.05, 4.69) is 11.4 Å². The van der Waals surface area contributed by atoms with Crippen LogP contribution in [0.15, 0.2) is 18.2 Å². The fraction of sp³-hybridized carbons (Fsp3) is 0.462. The molecule has 2 unspecified atom stereocenters. The Morgan fingerprint density at radius 3 is 2.82 bits per heavy atom. The second-order valence-electron chi connectivity index (χ2n) is 4.38. The van der Waals surface area contributed by atoms with Crippen LogP contribution in [0.2, 0.25) is 5.02 Å². The number of aliphatic hydroxyl groups excluding tert-OH is 1. The summed E-state index contributed by atoms with van der Waals surface area (Å²) in [7, 11) is 0. The molecule has 0 aromatic heterocycles. The minimum Gasteiger partial charge on any atom is -0.391 e. The van der Waals surface area contributed by atoms with E-state index in [4.69, 9.17) is 16.9 Å². The average molecular weight is 251 g/mol. The van der Waals surface area contributed by atoms with Crippen molar-refractivity contribution in [2.24, 2.45) is 0 Å². The van der Waals surface area contributed by atoms with Crippen LogP contribution in [0.5, 0.6) is 0 Å². The molecule has 0 heterocycles. The highest BCUT2D eigenvalue weighted by molar-refractivity contribution is 6.32. The largest absolute Gasteiger partial charge is 0.391 e. The number of nitrogens with zero attached hydrogens (tertiary/aromatic N) is 1. The molecular formula is C13H15ClN2O. The van der Waals surface area contributed by atoms with Crippen LogP contribution in [0.25, 0.3) is 0 Å². The van der Waals surface area contributed by atoms with Gasteiger partial charge in [-0.1, -0.05) is 30.5 Å². The molecule has 3 nitrogen and oxygen atoms in total. The van der Waals surface area contributed by atoms with Crippen molar-refractivity contribution >= 4 is 17.3 Å². The van der Waals surface area contributed by atoms with Gasteiger partial charge in [0.15, 0.2) is 0 Å². The zero-order chi connectivity index (χ0) is 12.3. The molecule has 1 aromatic carbocycles. The predicted molar refractivity (Wildman–Crippen MR) is 68.1 cm³/mol. The molecule has 1 aliphatic rings. The van der Waals surface area contributed by atoms with Crippen molar-refractivity contribution in [3.05, 3.63) is 28.8 Å². The first kappa shape index (κ1) is 12.2. The maximum atomic E-state index is 9.88. The summed E-state index contributed by atoms with van der Waals surface area (Å²) >= 11 is 5.96. The Morgan fingerprint density at radius 1 is 1.35 bits per heavy atom. The highest BCUT2D eigenvalue weighted by Gasteiger charge is 2.23. The molecule has 0 aliphatic heterocycles.